The molecule has 0 radical (unpaired) electrons. The van der Waals surface area contributed by atoms with Gasteiger partial charge in [0.1, 0.15) is 0 Å². The first kappa shape index (κ1) is 17.2. The summed E-state index contributed by atoms with van der Waals surface area (Å²) in [4.78, 5) is 16.0. The Labute approximate surface area is 152 Å². The lowest BCUT2D eigenvalue weighted by Gasteiger charge is -2.30. The number of carbonyl (C=O) groups is 1. The molecule has 1 aliphatic rings. The van der Waals surface area contributed by atoms with Crippen LogP contribution in [0.1, 0.15) is 22.8 Å². The van der Waals surface area contributed by atoms with Crippen molar-refractivity contribution in [2.75, 3.05) is 30.3 Å². The Bertz CT molecular complexity index is 718. The lowest BCUT2D eigenvalue weighted by atomic mass is 10.1. The van der Waals surface area contributed by atoms with Gasteiger partial charge in [0.15, 0.2) is 0 Å². The van der Waals surface area contributed by atoms with Crippen molar-refractivity contribution in [3.05, 3.63) is 58.6 Å². The molecule has 0 saturated heterocycles. The molecule has 0 saturated carbocycles. The van der Waals surface area contributed by atoms with Gasteiger partial charge in [0.2, 0.25) is 0 Å². The fourth-order valence-corrected chi connectivity index (χ4v) is 3.97. The van der Waals surface area contributed by atoms with Crippen LogP contribution in [0.2, 0.25) is 5.02 Å². The fraction of sp³-hybridized carbons (Fsp3) is 0.316. The summed E-state index contributed by atoms with van der Waals surface area (Å²) in [5, 5.41) is 3.74. The Hall–Kier alpha value is -1.65. The zero-order chi connectivity index (χ0) is 16.9. The Kier molecular flexibility index (Phi) is 5.69. The van der Waals surface area contributed by atoms with Crippen LogP contribution in [0.5, 0.6) is 0 Å². The molecule has 2 aromatic carbocycles. The van der Waals surface area contributed by atoms with Crippen LogP contribution in [0.15, 0.2) is 47.4 Å². The molecule has 3 rings (SSSR count). The summed E-state index contributed by atoms with van der Waals surface area (Å²) in [5.74, 6) is 1.09. The van der Waals surface area contributed by atoms with Crippen LogP contribution in [-0.2, 0) is 6.42 Å². The minimum Gasteiger partial charge on any atom is -0.370 e. The van der Waals surface area contributed by atoms with Crippen LogP contribution in [0.4, 0.5) is 5.69 Å². The van der Waals surface area contributed by atoms with E-state index in [1.165, 1.54) is 16.1 Å². The number of anilines is 1. The van der Waals surface area contributed by atoms with Crippen molar-refractivity contribution < 1.29 is 4.79 Å². The van der Waals surface area contributed by atoms with Crippen LogP contribution < -0.4 is 10.2 Å². The van der Waals surface area contributed by atoms with Crippen LogP contribution in [0.3, 0.4) is 0 Å². The quantitative estimate of drug-likeness (QED) is 0.865. The Morgan fingerprint density at radius 3 is 2.79 bits per heavy atom. The molecule has 5 heteroatoms. The summed E-state index contributed by atoms with van der Waals surface area (Å²) in [6.45, 7) is 4.77. The molecule has 1 aliphatic heterocycles. The molecular formula is C19H21ClN2OS. The van der Waals surface area contributed by atoms with E-state index in [9.17, 15) is 4.79 Å². The molecule has 0 unspecified atom stereocenters. The number of carbonyl (C=O) groups excluding carboxylic acids is 1. The van der Waals surface area contributed by atoms with Crippen LogP contribution in [-0.4, -0.2) is 31.3 Å². The maximum Gasteiger partial charge on any atom is 0.251 e. The average Bonchev–Trinajstić information content (AvgIpc) is 2.62. The van der Waals surface area contributed by atoms with Crippen molar-refractivity contribution in [2.45, 2.75) is 18.2 Å². The van der Waals surface area contributed by atoms with Gasteiger partial charge in [-0.25, -0.2) is 0 Å². The number of fused-ring (bicyclic) bond motifs is 1. The van der Waals surface area contributed by atoms with Crippen molar-refractivity contribution in [3.8, 4) is 0 Å². The number of hydrogen-bond acceptors (Lipinski definition) is 3. The van der Waals surface area contributed by atoms with Crippen LogP contribution in [0, 0.1) is 0 Å². The Morgan fingerprint density at radius 1 is 1.25 bits per heavy atom. The second-order valence-electron chi connectivity index (χ2n) is 5.74. The normalized spacial score (nSPS) is 13.5. The minimum atomic E-state index is -0.0154. The first-order valence-corrected chi connectivity index (χ1v) is 9.58. The Balaban J connectivity index is 1.61. The van der Waals surface area contributed by atoms with Gasteiger partial charge in [-0.2, -0.15) is 0 Å². The smallest absolute Gasteiger partial charge is 0.251 e. The van der Waals surface area contributed by atoms with Gasteiger partial charge in [-0.3, -0.25) is 4.79 Å². The summed E-state index contributed by atoms with van der Waals surface area (Å²) < 4.78 is 0. The molecule has 1 N–H and O–H groups in total. The van der Waals surface area contributed by atoms with E-state index in [0.717, 1.165) is 35.8 Å². The third kappa shape index (κ3) is 4.05. The standard InChI is InChI=1S/C19H21ClN2OS/c1-2-22-11-12-24-18-8-5-15(13-17(18)22)19(23)21-10-9-14-3-6-16(20)7-4-14/h3-8,13H,2,9-12H2,1H3,(H,21,23). The number of amides is 1. The molecule has 24 heavy (non-hydrogen) atoms. The van der Waals surface area contributed by atoms with E-state index in [4.69, 9.17) is 11.6 Å². The van der Waals surface area contributed by atoms with Gasteiger partial charge in [-0.1, -0.05) is 23.7 Å². The Morgan fingerprint density at radius 2 is 2.04 bits per heavy atom. The zero-order valence-corrected chi connectivity index (χ0v) is 15.3. The number of rotatable bonds is 5. The van der Waals surface area contributed by atoms with E-state index in [2.05, 4.69) is 23.2 Å². The van der Waals surface area contributed by atoms with Gasteiger partial charge >= 0.3 is 0 Å². The second kappa shape index (κ2) is 7.95. The molecule has 0 fully saturated rings. The van der Waals surface area contributed by atoms with E-state index in [-0.39, 0.29) is 5.91 Å². The SMILES string of the molecule is CCN1CCSc2ccc(C(=O)NCCc3ccc(Cl)cc3)cc21. The molecule has 0 aromatic heterocycles. The molecule has 126 valence electrons. The van der Waals surface area contributed by atoms with Crippen LogP contribution in [0.25, 0.3) is 0 Å². The third-order valence-corrected chi connectivity index (χ3v) is 5.47. The molecule has 0 atom stereocenters. The van der Waals surface area contributed by atoms with E-state index < -0.39 is 0 Å². The number of hydrogen-bond donors (Lipinski definition) is 1. The zero-order valence-electron chi connectivity index (χ0n) is 13.7. The van der Waals surface area contributed by atoms with Crippen LogP contribution >= 0.6 is 23.4 Å². The maximum absolute atomic E-state index is 12.4. The highest BCUT2D eigenvalue weighted by Crippen LogP contribution is 2.35. The molecule has 2 aromatic rings. The topological polar surface area (TPSA) is 32.3 Å². The monoisotopic (exact) mass is 360 g/mol. The lowest BCUT2D eigenvalue weighted by Crippen LogP contribution is -2.30. The van der Waals surface area contributed by atoms with Gasteiger partial charge in [0, 0.05) is 40.9 Å². The van der Waals surface area contributed by atoms with Crippen molar-refractivity contribution in [2.24, 2.45) is 0 Å². The number of benzene rings is 2. The third-order valence-electron chi connectivity index (χ3n) is 4.17. The van der Waals surface area contributed by atoms with E-state index in [1.807, 2.05) is 48.2 Å². The van der Waals surface area contributed by atoms with Gasteiger partial charge in [-0.05, 0) is 49.2 Å². The van der Waals surface area contributed by atoms with Gasteiger partial charge in [0.25, 0.3) is 5.91 Å². The molecule has 0 bridgehead atoms. The molecule has 0 aliphatic carbocycles. The van der Waals surface area contributed by atoms with Gasteiger partial charge < -0.3 is 10.2 Å². The minimum absolute atomic E-state index is 0.0154. The van der Waals surface area contributed by atoms with Crippen molar-refractivity contribution in [3.63, 3.8) is 0 Å². The highest BCUT2D eigenvalue weighted by molar-refractivity contribution is 7.99. The highest BCUT2D eigenvalue weighted by atomic mass is 35.5. The van der Waals surface area contributed by atoms with E-state index in [0.29, 0.717) is 6.54 Å². The first-order valence-electron chi connectivity index (χ1n) is 8.22. The fourth-order valence-electron chi connectivity index (χ4n) is 2.82. The van der Waals surface area contributed by atoms with E-state index >= 15 is 0 Å². The van der Waals surface area contributed by atoms with Crippen molar-refractivity contribution >= 4 is 35.0 Å². The predicted molar refractivity (Wildman–Crippen MR) is 103 cm³/mol. The largest absolute Gasteiger partial charge is 0.370 e. The second-order valence-corrected chi connectivity index (χ2v) is 7.32. The van der Waals surface area contributed by atoms with Crippen molar-refractivity contribution in [1.82, 2.24) is 5.32 Å². The number of halogens is 1. The van der Waals surface area contributed by atoms with Gasteiger partial charge in [0.05, 0.1) is 5.69 Å². The number of nitrogens with one attached hydrogen (secondary N) is 1. The highest BCUT2D eigenvalue weighted by Gasteiger charge is 2.18. The summed E-state index contributed by atoms with van der Waals surface area (Å²) in [5.41, 5.74) is 3.07. The lowest BCUT2D eigenvalue weighted by molar-refractivity contribution is 0.0954. The van der Waals surface area contributed by atoms with Crippen molar-refractivity contribution in [1.29, 1.82) is 0 Å². The number of nitrogens with zero attached hydrogens (tertiary/aromatic N) is 1. The molecule has 1 heterocycles. The molecule has 0 spiro atoms. The first-order chi connectivity index (χ1) is 11.7. The summed E-state index contributed by atoms with van der Waals surface area (Å²) in [7, 11) is 0. The molecular weight excluding hydrogens is 340 g/mol. The van der Waals surface area contributed by atoms with Gasteiger partial charge in [-0.15, -0.1) is 11.8 Å². The summed E-state index contributed by atoms with van der Waals surface area (Å²) in [6.07, 6.45) is 0.796. The maximum atomic E-state index is 12.4. The summed E-state index contributed by atoms with van der Waals surface area (Å²) in [6, 6.07) is 13.7. The average molecular weight is 361 g/mol. The predicted octanol–water partition coefficient (Wildman–Crippen LogP) is 4.24. The number of thioether (sulfide) groups is 1. The summed E-state index contributed by atoms with van der Waals surface area (Å²) >= 11 is 7.74. The molecule has 1 amide bonds. The molecule has 3 nitrogen and oxygen atoms in total. The van der Waals surface area contributed by atoms with E-state index in [1.54, 1.807) is 0 Å².